The Kier molecular flexibility index (Phi) is 7.63. The Morgan fingerprint density at radius 2 is 2.15 bits per heavy atom. The molecule has 0 saturated carbocycles. The van der Waals surface area contributed by atoms with Crippen molar-refractivity contribution in [1.82, 2.24) is 25.1 Å². The number of β-lactam (4-membered cyclic amide) rings is 1. The smallest absolute Gasteiger partial charge is 0.352 e. The van der Waals surface area contributed by atoms with Gasteiger partial charge in [-0.25, -0.2) is 17.9 Å². The van der Waals surface area contributed by atoms with Crippen molar-refractivity contribution in [3.05, 3.63) is 38.7 Å². The van der Waals surface area contributed by atoms with Gasteiger partial charge in [-0.3, -0.25) is 14.5 Å². The number of amides is 2. The number of nitrogens with one attached hydrogen (secondary N) is 2. The highest BCUT2D eigenvalue weighted by molar-refractivity contribution is 8.01. The van der Waals surface area contributed by atoms with E-state index < -0.39 is 33.3 Å². The zero-order valence-electron chi connectivity index (χ0n) is 17.6. The van der Waals surface area contributed by atoms with Gasteiger partial charge >= 0.3 is 5.97 Å². The Hall–Kier alpha value is -1.98. The van der Waals surface area contributed by atoms with Crippen molar-refractivity contribution in [2.75, 3.05) is 17.8 Å². The molecule has 4 heterocycles. The molecule has 1 unspecified atom stereocenters. The van der Waals surface area contributed by atoms with Gasteiger partial charge in [0.2, 0.25) is 15.9 Å². The minimum absolute atomic E-state index is 0.0273. The summed E-state index contributed by atoms with van der Waals surface area (Å²) in [4.78, 5) is 39.2. The lowest BCUT2D eigenvalue weighted by Gasteiger charge is -2.49. The van der Waals surface area contributed by atoms with E-state index in [1.807, 2.05) is 17.5 Å². The van der Waals surface area contributed by atoms with Crippen molar-refractivity contribution >= 4 is 74.0 Å². The van der Waals surface area contributed by atoms with Gasteiger partial charge in [-0.2, -0.15) is 0 Å². The maximum Gasteiger partial charge on any atom is 0.352 e. The first-order valence-corrected chi connectivity index (χ1v) is 15.4. The largest absolute Gasteiger partial charge is 0.477 e. The Morgan fingerprint density at radius 1 is 1.35 bits per heavy atom. The summed E-state index contributed by atoms with van der Waals surface area (Å²) in [6.07, 6.45) is 1.22. The highest BCUT2D eigenvalue weighted by Crippen LogP contribution is 2.41. The van der Waals surface area contributed by atoms with Crippen LogP contribution in [0.1, 0.15) is 9.88 Å². The Labute approximate surface area is 211 Å². The predicted molar refractivity (Wildman–Crippen MR) is 130 cm³/mol. The minimum Gasteiger partial charge on any atom is -0.477 e. The molecule has 1 saturated heterocycles. The molecule has 0 bridgehead atoms. The summed E-state index contributed by atoms with van der Waals surface area (Å²) in [5.74, 6) is -1.24. The molecule has 16 heteroatoms. The number of carboxylic acids is 1. The monoisotopic (exact) mass is 561 g/mol. The van der Waals surface area contributed by atoms with Gasteiger partial charge in [0.25, 0.3) is 5.91 Å². The summed E-state index contributed by atoms with van der Waals surface area (Å²) in [5.41, 5.74) is 0.509. The van der Waals surface area contributed by atoms with Crippen molar-refractivity contribution in [3.63, 3.8) is 0 Å². The van der Waals surface area contributed by atoms with Crippen molar-refractivity contribution in [1.29, 1.82) is 0 Å². The van der Waals surface area contributed by atoms with Crippen LogP contribution in [-0.2, 0) is 37.4 Å². The highest BCUT2D eigenvalue weighted by Gasteiger charge is 2.54. The molecule has 0 aromatic carbocycles. The van der Waals surface area contributed by atoms with Crippen LogP contribution < -0.4 is 10.0 Å². The van der Waals surface area contributed by atoms with Crippen molar-refractivity contribution in [2.24, 2.45) is 0 Å². The molecule has 3 N–H and O–H groups in total. The van der Waals surface area contributed by atoms with Crippen LogP contribution in [0.3, 0.4) is 0 Å². The maximum absolute atomic E-state index is 12.7. The van der Waals surface area contributed by atoms with Gasteiger partial charge in [-0.1, -0.05) is 29.2 Å². The fourth-order valence-electron chi connectivity index (χ4n) is 3.30. The molecule has 2 aromatic rings. The molecule has 34 heavy (non-hydrogen) atoms. The number of sulfonamides is 1. The average molecular weight is 562 g/mol. The van der Waals surface area contributed by atoms with E-state index in [-0.39, 0.29) is 30.3 Å². The van der Waals surface area contributed by atoms with Crippen LogP contribution >= 0.6 is 46.2 Å². The average Bonchev–Trinajstić information content (AvgIpc) is 3.45. The third-order valence-electron chi connectivity index (χ3n) is 4.78. The Balaban J connectivity index is 1.38. The lowest BCUT2D eigenvalue weighted by molar-refractivity contribution is -0.150. The van der Waals surface area contributed by atoms with E-state index in [2.05, 4.69) is 20.2 Å². The molecule has 0 aliphatic carbocycles. The zero-order valence-corrected chi connectivity index (χ0v) is 21.7. The van der Waals surface area contributed by atoms with Gasteiger partial charge < -0.3 is 10.4 Å². The summed E-state index contributed by atoms with van der Waals surface area (Å²) in [5, 5.41) is 22.3. The molecule has 2 aliphatic heterocycles. The van der Waals surface area contributed by atoms with Crippen LogP contribution in [0.5, 0.6) is 0 Å². The molecule has 0 radical (unpaired) electrons. The van der Waals surface area contributed by atoms with E-state index in [9.17, 15) is 27.9 Å². The van der Waals surface area contributed by atoms with Gasteiger partial charge in [0, 0.05) is 16.4 Å². The molecule has 2 aromatic heterocycles. The SMILES string of the molecule is CS(=O)(=O)NCc1nnc(SCC2=C(C(=O)O)N3C(=O)C(NC(=O)Cc4cccs4)[C@@H]3SC2)s1. The molecule has 4 rings (SSSR count). The van der Waals surface area contributed by atoms with Gasteiger partial charge in [-0.15, -0.1) is 33.3 Å². The Morgan fingerprint density at radius 3 is 2.82 bits per heavy atom. The quantitative estimate of drug-likeness (QED) is 0.279. The highest BCUT2D eigenvalue weighted by atomic mass is 32.2. The van der Waals surface area contributed by atoms with Crippen molar-refractivity contribution in [2.45, 2.75) is 28.7 Å². The topological polar surface area (TPSA) is 159 Å². The summed E-state index contributed by atoms with van der Waals surface area (Å²) in [7, 11) is -3.35. The van der Waals surface area contributed by atoms with E-state index in [0.29, 0.717) is 20.7 Å². The van der Waals surface area contributed by atoms with Crippen LogP contribution in [0.15, 0.2) is 33.1 Å². The summed E-state index contributed by atoms with van der Waals surface area (Å²) in [6.45, 7) is 0.0273. The first kappa shape index (κ1) is 25.1. The van der Waals surface area contributed by atoms with E-state index >= 15 is 0 Å². The first-order valence-electron chi connectivity index (χ1n) is 9.74. The number of aromatic nitrogens is 2. The number of nitrogens with zero attached hydrogens (tertiary/aromatic N) is 3. The van der Waals surface area contributed by atoms with Crippen molar-refractivity contribution < 1.29 is 27.9 Å². The minimum atomic E-state index is -3.35. The normalized spacial score (nSPS) is 20.1. The number of fused-ring (bicyclic) bond motifs is 1. The molecule has 1 fully saturated rings. The molecule has 11 nitrogen and oxygen atoms in total. The molecular formula is C18H19N5O6S5. The van der Waals surface area contributed by atoms with Gasteiger partial charge in [0.05, 0.1) is 19.2 Å². The Bertz CT molecular complexity index is 1240. The number of thiophene rings is 1. The number of carbonyl (C=O) groups excluding carboxylic acids is 2. The molecule has 0 spiro atoms. The fraction of sp³-hybridized carbons (Fsp3) is 0.389. The van der Waals surface area contributed by atoms with Crippen LogP contribution in [0.25, 0.3) is 0 Å². The number of hydrogen-bond donors (Lipinski definition) is 3. The standard InChI is InChI=1S/C18H19N5O6S5/c1-34(28,29)19-6-12-21-22-18(33-12)32-8-9-7-31-16-13(15(25)23(16)14(9)17(26)27)20-11(24)5-10-3-2-4-30-10/h2-4,13,16,19H,5-8H2,1H3,(H,20,24)(H,26,27)/t13?,16-/m0/s1. The van der Waals surface area contributed by atoms with E-state index in [1.165, 1.54) is 51.1 Å². The van der Waals surface area contributed by atoms with E-state index in [1.54, 1.807) is 0 Å². The third kappa shape index (κ3) is 5.80. The van der Waals surface area contributed by atoms with E-state index in [4.69, 9.17) is 0 Å². The summed E-state index contributed by atoms with van der Waals surface area (Å²) >= 11 is 5.33. The van der Waals surface area contributed by atoms with Gasteiger partial charge in [0.15, 0.2) is 4.34 Å². The second kappa shape index (κ2) is 10.3. The number of carboxylic acid groups (broad SMARTS) is 1. The van der Waals surface area contributed by atoms with Crippen molar-refractivity contribution in [3.8, 4) is 0 Å². The molecular weight excluding hydrogens is 543 g/mol. The predicted octanol–water partition coefficient (Wildman–Crippen LogP) is 0.722. The van der Waals surface area contributed by atoms with Crippen LogP contribution in [0.2, 0.25) is 0 Å². The summed E-state index contributed by atoms with van der Waals surface area (Å²) < 4.78 is 25.3. The third-order valence-corrected chi connectivity index (χ3v) is 9.81. The first-order chi connectivity index (χ1) is 16.1. The zero-order chi connectivity index (χ0) is 24.5. The lowest BCUT2D eigenvalue weighted by atomic mass is 10.0. The molecule has 2 atom stereocenters. The van der Waals surface area contributed by atoms with Crippen LogP contribution in [0.4, 0.5) is 0 Å². The second-order valence-corrected chi connectivity index (χ2v) is 13.6. The lowest BCUT2D eigenvalue weighted by Crippen LogP contribution is -2.70. The number of aliphatic carboxylic acids is 1. The second-order valence-electron chi connectivity index (χ2n) is 7.31. The number of rotatable bonds is 10. The van der Waals surface area contributed by atoms with Gasteiger partial charge in [-0.05, 0) is 17.0 Å². The fourth-order valence-corrected chi connectivity index (χ4v) is 7.81. The van der Waals surface area contributed by atoms with Gasteiger partial charge in [0.1, 0.15) is 22.1 Å². The molecule has 2 aliphatic rings. The molecule has 2 amide bonds. The maximum atomic E-state index is 12.7. The number of thioether (sulfide) groups is 2. The molecule has 182 valence electrons. The van der Waals surface area contributed by atoms with Crippen LogP contribution in [-0.4, -0.2) is 75.6 Å². The van der Waals surface area contributed by atoms with Crippen LogP contribution in [0, 0.1) is 0 Å². The number of hydrogen-bond acceptors (Lipinski definition) is 11. The number of carbonyl (C=O) groups is 3. The van der Waals surface area contributed by atoms with E-state index in [0.717, 1.165) is 11.1 Å². The summed E-state index contributed by atoms with van der Waals surface area (Å²) in [6, 6.07) is 2.93.